The molecule has 1 saturated heterocycles. The molecule has 1 N–H and O–H groups in total. The number of ether oxygens (including phenoxy) is 2. The summed E-state index contributed by atoms with van der Waals surface area (Å²) in [5.74, 6) is 1.74. The van der Waals surface area contributed by atoms with Crippen LogP contribution in [0.3, 0.4) is 0 Å². The van der Waals surface area contributed by atoms with Gasteiger partial charge in [-0.25, -0.2) is 0 Å². The lowest BCUT2D eigenvalue weighted by atomic mass is 9.65. The lowest BCUT2D eigenvalue weighted by Gasteiger charge is -2.43. The molecule has 2 aliphatic carbocycles. The zero-order valence-corrected chi connectivity index (χ0v) is 15.5. The molecule has 3 atom stereocenters. The number of benzene rings is 1. The third-order valence-electron chi connectivity index (χ3n) is 6.83. The molecule has 0 bridgehead atoms. The molecule has 1 aromatic rings. The van der Waals surface area contributed by atoms with Crippen molar-refractivity contribution < 1.29 is 14.6 Å². The summed E-state index contributed by atoms with van der Waals surface area (Å²) < 4.78 is 11.9. The fourth-order valence-corrected chi connectivity index (χ4v) is 5.36. The van der Waals surface area contributed by atoms with E-state index in [2.05, 4.69) is 30.1 Å². The van der Waals surface area contributed by atoms with Crippen LogP contribution < -0.4 is 9.47 Å². The van der Waals surface area contributed by atoms with Crippen molar-refractivity contribution in [1.29, 1.82) is 0 Å². The van der Waals surface area contributed by atoms with Crippen LogP contribution in [0.25, 0.3) is 0 Å². The molecule has 1 heterocycles. The minimum absolute atomic E-state index is 0.147. The second-order valence-corrected chi connectivity index (χ2v) is 8.22. The van der Waals surface area contributed by atoms with Crippen LogP contribution in [0.4, 0.5) is 0 Å². The van der Waals surface area contributed by atoms with Gasteiger partial charge in [-0.1, -0.05) is 6.07 Å². The van der Waals surface area contributed by atoms with Gasteiger partial charge in [-0.3, -0.25) is 0 Å². The second-order valence-electron chi connectivity index (χ2n) is 8.22. The highest BCUT2D eigenvalue weighted by atomic mass is 16.5. The number of nitrogens with zero attached hydrogens (tertiary/aromatic N) is 1. The zero-order valence-electron chi connectivity index (χ0n) is 15.5. The normalized spacial score (nSPS) is 33.4. The molecule has 1 aromatic carbocycles. The van der Waals surface area contributed by atoms with Gasteiger partial charge in [0, 0.05) is 11.5 Å². The quantitative estimate of drug-likeness (QED) is 0.907. The molecule has 0 spiro atoms. The van der Waals surface area contributed by atoms with Gasteiger partial charge in [-0.05, 0) is 82.7 Å². The van der Waals surface area contributed by atoms with Crippen molar-refractivity contribution in [1.82, 2.24) is 4.90 Å². The Hall–Kier alpha value is -1.26. The number of aliphatic hydroxyl groups is 1. The first-order valence-electron chi connectivity index (χ1n) is 9.86. The predicted octanol–water partition coefficient (Wildman–Crippen LogP) is 3.50. The van der Waals surface area contributed by atoms with E-state index in [-0.39, 0.29) is 11.5 Å². The van der Waals surface area contributed by atoms with Gasteiger partial charge in [-0.2, -0.15) is 0 Å². The van der Waals surface area contributed by atoms with E-state index in [1.165, 1.54) is 18.4 Å². The number of rotatable bonds is 4. The van der Waals surface area contributed by atoms with E-state index in [9.17, 15) is 5.11 Å². The maximum atomic E-state index is 10.2. The molecule has 0 radical (unpaired) electrons. The summed E-state index contributed by atoms with van der Waals surface area (Å²) in [6, 6.07) is 6.96. The SMILES string of the molecule is COc1ccc([C@@]23CC[C@@H](O)C[C@@H]2N(C)CC3)cc1OC1CCCC1. The van der Waals surface area contributed by atoms with Crippen molar-refractivity contribution in [3.63, 3.8) is 0 Å². The van der Waals surface area contributed by atoms with Crippen LogP contribution in [0.2, 0.25) is 0 Å². The van der Waals surface area contributed by atoms with Gasteiger partial charge in [0.2, 0.25) is 0 Å². The molecule has 0 aromatic heterocycles. The van der Waals surface area contributed by atoms with Crippen LogP contribution in [-0.2, 0) is 5.41 Å². The molecule has 0 amide bonds. The molecular weight excluding hydrogens is 314 g/mol. The fourth-order valence-electron chi connectivity index (χ4n) is 5.36. The van der Waals surface area contributed by atoms with Crippen LogP contribution in [0.5, 0.6) is 11.5 Å². The summed E-state index contributed by atoms with van der Waals surface area (Å²) in [6.07, 6.45) is 8.99. The third-order valence-corrected chi connectivity index (χ3v) is 6.83. The van der Waals surface area contributed by atoms with Crippen molar-refractivity contribution in [2.24, 2.45) is 0 Å². The molecule has 4 rings (SSSR count). The first kappa shape index (κ1) is 17.2. The fraction of sp³-hybridized carbons (Fsp3) is 0.714. The van der Waals surface area contributed by atoms with Gasteiger partial charge in [0.1, 0.15) is 0 Å². The Kier molecular flexibility index (Phi) is 4.67. The van der Waals surface area contributed by atoms with Gasteiger partial charge < -0.3 is 19.5 Å². The number of fused-ring (bicyclic) bond motifs is 1. The molecule has 138 valence electrons. The molecule has 2 saturated carbocycles. The summed E-state index contributed by atoms with van der Waals surface area (Å²) in [7, 11) is 3.92. The summed E-state index contributed by atoms with van der Waals surface area (Å²) in [6.45, 7) is 1.10. The number of hydrogen-bond acceptors (Lipinski definition) is 4. The average molecular weight is 345 g/mol. The van der Waals surface area contributed by atoms with Crippen LogP contribution in [0.1, 0.15) is 56.9 Å². The Morgan fingerprint density at radius 2 is 1.92 bits per heavy atom. The predicted molar refractivity (Wildman–Crippen MR) is 98.4 cm³/mol. The first-order chi connectivity index (χ1) is 12.1. The molecule has 0 unspecified atom stereocenters. The lowest BCUT2D eigenvalue weighted by Crippen LogP contribution is -2.47. The molecule has 25 heavy (non-hydrogen) atoms. The van der Waals surface area contributed by atoms with Crippen molar-refractivity contribution in [3.05, 3.63) is 23.8 Å². The molecule has 4 nitrogen and oxygen atoms in total. The molecule has 4 heteroatoms. The van der Waals surface area contributed by atoms with Gasteiger partial charge in [0.25, 0.3) is 0 Å². The van der Waals surface area contributed by atoms with E-state index in [0.717, 1.165) is 56.6 Å². The van der Waals surface area contributed by atoms with Crippen molar-refractivity contribution in [3.8, 4) is 11.5 Å². The lowest BCUT2D eigenvalue weighted by molar-refractivity contribution is 0.0566. The maximum Gasteiger partial charge on any atom is 0.161 e. The van der Waals surface area contributed by atoms with Crippen LogP contribution in [0.15, 0.2) is 18.2 Å². The minimum atomic E-state index is -0.161. The minimum Gasteiger partial charge on any atom is -0.493 e. The summed E-state index contributed by atoms with van der Waals surface area (Å²) in [5.41, 5.74) is 1.51. The highest BCUT2D eigenvalue weighted by Crippen LogP contribution is 2.50. The number of hydrogen-bond donors (Lipinski definition) is 1. The van der Waals surface area contributed by atoms with Gasteiger partial charge in [0.15, 0.2) is 11.5 Å². The highest BCUT2D eigenvalue weighted by molar-refractivity contribution is 5.47. The van der Waals surface area contributed by atoms with E-state index < -0.39 is 0 Å². The van der Waals surface area contributed by atoms with Crippen molar-refractivity contribution in [2.75, 3.05) is 20.7 Å². The zero-order chi connectivity index (χ0) is 17.4. The monoisotopic (exact) mass is 345 g/mol. The van der Waals surface area contributed by atoms with Gasteiger partial charge in [-0.15, -0.1) is 0 Å². The van der Waals surface area contributed by atoms with Crippen LogP contribution in [-0.4, -0.2) is 49.0 Å². The van der Waals surface area contributed by atoms with Crippen molar-refractivity contribution in [2.45, 2.75) is 75.0 Å². The Morgan fingerprint density at radius 1 is 1.12 bits per heavy atom. The largest absolute Gasteiger partial charge is 0.493 e. The topological polar surface area (TPSA) is 41.9 Å². The van der Waals surface area contributed by atoms with Crippen LogP contribution in [0, 0.1) is 0 Å². The van der Waals surface area contributed by atoms with Gasteiger partial charge >= 0.3 is 0 Å². The average Bonchev–Trinajstić information content (AvgIpc) is 3.24. The Balaban J connectivity index is 1.67. The number of methoxy groups -OCH3 is 1. The molecule has 3 aliphatic rings. The highest BCUT2D eigenvalue weighted by Gasteiger charge is 2.50. The van der Waals surface area contributed by atoms with Crippen LogP contribution >= 0.6 is 0 Å². The Morgan fingerprint density at radius 3 is 2.68 bits per heavy atom. The second kappa shape index (κ2) is 6.81. The smallest absolute Gasteiger partial charge is 0.161 e. The summed E-state index contributed by atoms with van der Waals surface area (Å²) in [5, 5.41) is 10.2. The van der Waals surface area contributed by atoms with E-state index in [1.54, 1.807) is 7.11 Å². The Bertz CT molecular complexity index is 613. The Labute approximate surface area is 151 Å². The van der Waals surface area contributed by atoms with E-state index >= 15 is 0 Å². The number of likely N-dealkylation sites (N-methyl/N-ethyl adjacent to an activating group) is 1. The molecule has 3 fully saturated rings. The third kappa shape index (κ3) is 3.04. The summed E-state index contributed by atoms with van der Waals surface area (Å²) in [4.78, 5) is 2.43. The first-order valence-corrected chi connectivity index (χ1v) is 9.86. The van der Waals surface area contributed by atoms with Crippen molar-refractivity contribution >= 4 is 0 Å². The molecule has 1 aliphatic heterocycles. The van der Waals surface area contributed by atoms with Gasteiger partial charge in [0.05, 0.1) is 19.3 Å². The standard InChI is InChI=1S/C21H31NO3/c1-22-12-11-21(10-9-16(23)14-20(21)22)15-7-8-18(24-2)19(13-15)25-17-5-3-4-6-17/h7-8,13,16-17,20,23H,3-6,9-12,14H2,1-2H3/t16-,20+,21+/m1/s1. The molecular formula is C21H31NO3. The summed E-state index contributed by atoms with van der Waals surface area (Å²) >= 11 is 0. The van der Waals surface area contributed by atoms with E-state index in [1.807, 2.05) is 0 Å². The maximum absolute atomic E-state index is 10.2. The number of likely N-dealkylation sites (tertiary alicyclic amines) is 1. The van der Waals surface area contributed by atoms with E-state index in [0.29, 0.717) is 12.1 Å². The number of aliphatic hydroxyl groups excluding tert-OH is 1. The van der Waals surface area contributed by atoms with E-state index in [4.69, 9.17) is 9.47 Å².